The fourth-order valence-electron chi connectivity index (χ4n) is 1.46. The highest BCUT2D eigenvalue weighted by atomic mass is 32.1. The molecule has 0 N–H and O–H groups in total. The highest BCUT2D eigenvalue weighted by Crippen LogP contribution is 2.17. The molecule has 0 spiro atoms. The number of allylic oxidation sites excluding steroid dienone is 1. The lowest BCUT2D eigenvalue weighted by Crippen LogP contribution is -1.90. The van der Waals surface area contributed by atoms with Crippen LogP contribution in [0.2, 0.25) is 0 Å². The molecule has 0 fully saturated rings. The normalized spacial score (nSPS) is 11.1. The van der Waals surface area contributed by atoms with Gasteiger partial charge in [-0.05, 0) is 49.4 Å². The van der Waals surface area contributed by atoms with E-state index in [0.29, 0.717) is 4.88 Å². The van der Waals surface area contributed by atoms with Crippen molar-refractivity contribution in [3.63, 3.8) is 0 Å². The number of hydrogen-bond donors (Lipinski definition) is 0. The van der Waals surface area contributed by atoms with Crippen LogP contribution in [0, 0.1) is 18.6 Å². The van der Waals surface area contributed by atoms with Gasteiger partial charge in [-0.15, -0.1) is 11.3 Å². The predicted octanol–water partition coefficient (Wildman–Crippen LogP) is 4.23. The molecule has 0 atom stereocenters. The van der Waals surface area contributed by atoms with Gasteiger partial charge < -0.3 is 0 Å². The van der Waals surface area contributed by atoms with Gasteiger partial charge in [0.25, 0.3) is 0 Å². The van der Waals surface area contributed by atoms with E-state index in [-0.39, 0.29) is 11.3 Å². The molecule has 0 unspecified atom stereocenters. The minimum absolute atomic E-state index is 0.0663. The minimum Gasteiger partial charge on any atom is -0.288 e. The summed E-state index contributed by atoms with van der Waals surface area (Å²) in [5.74, 6) is -1.30. The number of halogens is 2. The van der Waals surface area contributed by atoms with E-state index in [9.17, 15) is 13.6 Å². The van der Waals surface area contributed by atoms with Gasteiger partial charge >= 0.3 is 0 Å². The first kappa shape index (κ1) is 12.6. The number of hydrogen-bond acceptors (Lipinski definition) is 2. The van der Waals surface area contributed by atoms with Crippen molar-refractivity contribution >= 4 is 23.2 Å². The van der Waals surface area contributed by atoms with Gasteiger partial charge in [-0.1, -0.05) is 0 Å². The quantitative estimate of drug-likeness (QED) is 0.599. The van der Waals surface area contributed by atoms with Gasteiger partial charge in [0.05, 0.1) is 4.88 Å². The van der Waals surface area contributed by atoms with Gasteiger partial charge in [-0.2, -0.15) is 0 Å². The van der Waals surface area contributed by atoms with E-state index in [0.717, 1.165) is 23.1 Å². The lowest BCUT2D eigenvalue weighted by Gasteiger charge is -1.96. The first-order chi connectivity index (χ1) is 8.56. The molecule has 4 heteroatoms. The molecule has 0 aliphatic rings. The van der Waals surface area contributed by atoms with Crippen molar-refractivity contribution in [2.45, 2.75) is 6.92 Å². The summed E-state index contributed by atoms with van der Waals surface area (Å²) < 4.78 is 26.2. The number of ketones is 1. The van der Waals surface area contributed by atoms with Crippen LogP contribution in [0.25, 0.3) is 6.08 Å². The summed E-state index contributed by atoms with van der Waals surface area (Å²) in [6.07, 6.45) is 2.54. The number of carbonyl (C=O) groups is 1. The summed E-state index contributed by atoms with van der Waals surface area (Å²) in [5, 5.41) is 0. The van der Waals surface area contributed by atoms with Gasteiger partial charge in [-0.3, -0.25) is 4.79 Å². The van der Waals surface area contributed by atoms with E-state index in [1.54, 1.807) is 6.07 Å². The van der Waals surface area contributed by atoms with E-state index < -0.39 is 11.6 Å². The highest BCUT2D eigenvalue weighted by molar-refractivity contribution is 7.14. The summed E-state index contributed by atoms with van der Waals surface area (Å²) in [6, 6.07) is 6.69. The molecule has 92 valence electrons. The maximum atomic E-state index is 13.3. The van der Waals surface area contributed by atoms with Crippen molar-refractivity contribution in [1.29, 1.82) is 0 Å². The van der Waals surface area contributed by atoms with Crippen molar-refractivity contribution < 1.29 is 13.6 Å². The van der Waals surface area contributed by atoms with Crippen LogP contribution < -0.4 is 0 Å². The molecule has 0 aliphatic heterocycles. The van der Waals surface area contributed by atoms with Gasteiger partial charge in [0, 0.05) is 10.4 Å². The van der Waals surface area contributed by atoms with Crippen LogP contribution in [0.5, 0.6) is 0 Å². The second-order valence-corrected chi connectivity index (χ2v) is 5.06. The predicted molar refractivity (Wildman–Crippen MR) is 68.8 cm³/mol. The summed E-state index contributed by atoms with van der Waals surface area (Å²) in [4.78, 5) is 13.4. The lowest BCUT2D eigenvalue weighted by molar-refractivity contribution is 0.105. The SMILES string of the molecule is Cc1ccc(C(=O)/C=C/c2cc(F)ccc2F)s1. The fraction of sp³-hybridized carbons (Fsp3) is 0.0714. The zero-order valence-corrected chi connectivity index (χ0v) is 10.4. The van der Waals surface area contributed by atoms with Crippen LogP contribution in [-0.2, 0) is 0 Å². The first-order valence-electron chi connectivity index (χ1n) is 5.30. The van der Waals surface area contributed by atoms with E-state index in [1.807, 2.05) is 13.0 Å². The number of rotatable bonds is 3. The summed E-state index contributed by atoms with van der Waals surface area (Å²) in [7, 11) is 0. The highest BCUT2D eigenvalue weighted by Gasteiger charge is 2.05. The maximum absolute atomic E-state index is 13.3. The zero-order valence-electron chi connectivity index (χ0n) is 9.61. The number of thiophene rings is 1. The summed E-state index contributed by atoms with van der Waals surface area (Å²) in [6.45, 7) is 1.90. The third-order valence-corrected chi connectivity index (χ3v) is 3.37. The Morgan fingerprint density at radius 1 is 1.22 bits per heavy atom. The standard InChI is InChI=1S/C14H10F2OS/c1-9-2-7-14(18-9)13(17)6-3-10-8-11(15)4-5-12(10)16/h2-8H,1H3/b6-3+. The number of carbonyl (C=O) groups excluding carboxylic acids is 1. The van der Waals surface area contributed by atoms with Crippen LogP contribution in [0.1, 0.15) is 20.1 Å². The van der Waals surface area contributed by atoms with Gasteiger partial charge in [-0.25, -0.2) is 8.78 Å². The molecular formula is C14H10F2OS. The molecule has 0 aliphatic carbocycles. The minimum atomic E-state index is -0.553. The van der Waals surface area contributed by atoms with E-state index in [1.165, 1.54) is 23.5 Å². The smallest absolute Gasteiger partial charge is 0.195 e. The fourth-order valence-corrected chi connectivity index (χ4v) is 2.24. The maximum Gasteiger partial charge on any atom is 0.195 e. The molecule has 2 aromatic rings. The van der Waals surface area contributed by atoms with Crippen LogP contribution in [0.4, 0.5) is 8.78 Å². The molecular weight excluding hydrogens is 254 g/mol. The Bertz CT molecular complexity index is 614. The molecule has 18 heavy (non-hydrogen) atoms. The van der Waals surface area contributed by atoms with Crippen molar-refractivity contribution in [3.05, 3.63) is 63.4 Å². The van der Waals surface area contributed by atoms with Crippen molar-refractivity contribution in [1.82, 2.24) is 0 Å². The molecule has 0 bridgehead atoms. The van der Waals surface area contributed by atoms with Crippen LogP contribution in [-0.4, -0.2) is 5.78 Å². The third-order valence-electron chi connectivity index (χ3n) is 2.36. The monoisotopic (exact) mass is 264 g/mol. The Balaban J connectivity index is 2.20. The van der Waals surface area contributed by atoms with Crippen molar-refractivity contribution in [2.24, 2.45) is 0 Å². The van der Waals surface area contributed by atoms with E-state index in [4.69, 9.17) is 0 Å². The van der Waals surface area contributed by atoms with Crippen molar-refractivity contribution in [2.75, 3.05) is 0 Å². The Labute approximate surface area is 107 Å². The molecule has 1 nitrogen and oxygen atoms in total. The average Bonchev–Trinajstić information content (AvgIpc) is 2.77. The Kier molecular flexibility index (Phi) is 3.67. The second kappa shape index (κ2) is 5.23. The van der Waals surface area contributed by atoms with Crippen molar-refractivity contribution in [3.8, 4) is 0 Å². The zero-order chi connectivity index (χ0) is 13.1. The van der Waals surface area contributed by atoms with Crippen LogP contribution in [0.3, 0.4) is 0 Å². The average molecular weight is 264 g/mol. The molecule has 1 heterocycles. The molecule has 0 saturated carbocycles. The third kappa shape index (κ3) is 2.90. The number of benzene rings is 1. The molecule has 1 aromatic carbocycles. The Morgan fingerprint density at radius 2 is 2.00 bits per heavy atom. The first-order valence-corrected chi connectivity index (χ1v) is 6.12. The topological polar surface area (TPSA) is 17.1 Å². The number of aryl methyl sites for hydroxylation is 1. The van der Waals surface area contributed by atoms with E-state index in [2.05, 4.69) is 0 Å². The van der Waals surface area contributed by atoms with Crippen LogP contribution >= 0.6 is 11.3 Å². The Hall–Kier alpha value is -1.81. The van der Waals surface area contributed by atoms with E-state index >= 15 is 0 Å². The van der Waals surface area contributed by atoms with Crippen LogP contribution in [0.15, 0.2) is 36.4 Å². The van der Waals surface area contributed by atoms with Gasteiger partial charge in [0.15, 0.2) is 5.78 Å². The Morgan fingerprint density at radius 3 is 2.67 bits per heavy atom. The molecule has 1 aromatic heterocycles. The van der Waals surface area contributed by atoms with Gasteiger partial charge in [0.1, 0.15) is 11.6 Å². The summed E-state index contributed by atoms with van der Waals surface area (Å²) >= 11 is 1.37. The molecule has 2 rings (SSSR count). The largest absolute Gasteiger partial charge is 0.288 e. The molecule has 0 amide bonds. The molecule has 0 radical (unpaired) electrons. The summed E-state index contributed by atoms with van der Waals surface area (Å²) in [5.41, 5.74) is 0.0663. The van der Waals surface area contributed by atoms with Gasteiger partial charge in [0.2, 0.25) is 0 Å². The molecule has 0 saturated heterocycles. The lowest BCUT2D eigenvalue weighted by atomic mass is 10.1. The second-order valence-electron chi connectivity index (χ2n) is 3.77.